The lowest BCUT2D eigenvalue weighted by Gasteiger charge is -2.32. The van der Waals surface area contributed by atoms with Crippen LogP contribution in [0.3, 0.4) is 0 Å². The fourth-order valence-corrected chi connectivity index (χ4v) is 4.59. The molecular formula is C29H39N5O5S2. The zero-order valence-corrected chi connectivity index (χ0v) is 25.5. The van der Waals surface area contributed by atoms with Gasteiger partial charge in [-0.1, -0.05) is 45.0 Å². The molecule has 0 spiro atoms. The number of nitrogens with zero attached hydrogens (tertiary/aromatic N) is 2. The Labute approximate surface area is 251 Å². The third-order valence-electron chi connectivity index (χ3n) is 6.16. The van der Waals surface area contributed by atoms with E-state index in [1.165, 1.54) is 11.8 Å². The maximum absolute atomic E-state index is 13.3. The molecule has 0 fully saturated rings. The largest absolute Gasteiger partial charge is 0.343 e. The van der Waals surface area contributed by atoms with E-state index in [0.717, 1.165) is 4.90 Å². The highest BCUT2D eigenvalue weighted by molar-refractivity contribution is 7.98. The van der Waals surface area contributed by atoms with Gasteiger partial charge in [-0.15, -0.1) is 0 Å². The third-order valence-corrected chi connectivity index (χ3v) is 7.30. The maximum atomic E-state index is 13.3. The van der Waals surface area contributed by atoms with E-state index in [1.807, 2.05) is 27.0 Å². The van der Waals surface area contributed by atoms with Crippen molar-refractivity contribution in [2.45, 2.75) is 57.4 Å². The number of benzene rings is 1. The number of carbonyl (C=O) groups excluding carboxylic acids is 5. The molecule has 0 unspecified atom stereocenters. The van der Waals surface area contributed by atoms with Crippen LogP contribution in [0.25, 0.3) is 0 Å². The molecule has 0 saturated heterocycles. The second kappa shape index (κ2) is 16.8. The summed E-state index contributed by atoms with van der Waals surface area (Å²) in [7, 11) is 0. The van der Waals surface area contributed by atoms with Crippen molar-refractivity contribution in [2.24, 2.45) is 5.41 Å². The molecule has 0 radical (unpaired) electrons. The number of amides is 5. The fraction of sp³-hybridized carbons (Fsp3) is 0.448. The molecule has 3 atom stereocenters. The van der Waals surface area contributed by atoms with E-state index >= 15 is 0 Å². The zero-order chi connectivity index (χ0) is 30.4. The minimum absolute atomic E-state index is 0.122. The molecule has 1 heterocycles. The van der Waals surface area contributed by atoms with Crippen LogP contribution in [0, 0.1) is 5.41 Å². The monoisotopic (exact) mass is 601 g/mol. The number of aromatic nitrogens is 1. The van der Waals surface area contributed by atoms with Crippen LogP contribution in [-0.4, -0.2) is 75.8 Å². The van der Waals surface area contributed by atoms with Gasteiger partial charge in [0.05, 0.1) is 5.25 Å². The predicted molar refractivity (Wildman–Crippen MR) is 165 cm³/mol. The van der Waals surface area contributed by atoms with Crippen molar-refractivity contribution in [1.82, 2.24) is 20.5 Å². The molecule has 1 aromatic heterocycles. The average molecular weight is 602 g/mol. The Morgan fingerprint density at radius 1 is 0.976 bits per heavy atom. The third kappa shape index (κ3) is 11.2. The normalized spacial score (nSPS) is 13.3. The van der Waals surface area contributed by atoms with Crippen LogP contribution in [0.2, 0.25) is 0 Å². The van der Waals surface area contributed by atoms with Gasteiger partial charge in [-0.2, -0.15) is 24.4 Å². The molecular weight excluding hydrogens is 562 g/mol. The second-order valence-electron chi connectivity index (χ2n) is 10.5. The Morgan fingerprint density at radius 2 is 1.66 bits per heavy atom. The lowest BCUT2D eigenvalue weighted by atomic mass is 9.85. The van der Waals surface area contributed by atoms with Gasteiger partial charge in [-0.05, 0) is 61.0 Å². The van der Waals surface area contributed by atoms with Gasteiger partial charge in [0.1, 0.15) is 17.9 Å². The Kier molecular flexibility index (Phi) is 13.8. The van der Waals surface area contributed by atoms with Crippen molar-refractivity contribution in [3.8, 4) is 0 Å². The van der Waals surface area contributed by atoms with Crippen molar-refractivity contribution in [3.05, 3.63) is 60.3 Å². The summed E-state index contributed by atoms with van der Waals surface area (Å²) in [4.78, 5) is 68.6. The van der Waals surface area contributed by atoms with E-state index in [9.17, 15) is 24.0 Å². The molecule has 41 heavy (non-hydrogen) atoms. The van der Waals surface area contributed by atoms with Crippen LogP contribution in [0.5, 0.6) is 0 Å². The number of nitrogens with one attached hydrogen (secondary N) is 3. The molecule has 0 aliphatic heterocycles. The van der Waals surface area contributed by atoms with Crippen LogP contribution < -0.4 is 16.0 Å². The van der Waals surface area contributed by atoms with Crippen molar-refractivity contribution < 1.29 is 24.0 Å². The van der Waals surface area contributed by atoms with Crippen LogP contribution in [0.15, 0.2) is 54.7 Å². The van der Waals surface area contributed by atoms with Gasteiger partial charge in [0.2, 0.25) is 24.1 Å². The Balaban J connectivity index is 2.00. The summed E-state index contributed by atoms with van der Waals surface area (Å²) < 4.78 is 0. The molecule has 0 aliphatic rings. The maximum Gasteiger partial charge on any atom is 0.260 e. The first-order valence-electron chi connectivity index (χ1n) is 13.3. The summed E-state index contributed by atoms with van der Waals surface area (Å²) in [5.74, 6) is -0.807. The summed E-state index contributed by atoms with van der Waals surface area (Å²) in [6.07, 6.45) is 4.89. The quantitative estimate of drug-likeness (QED) is 0.182. The van der Waals surface area contributed by atoms with Crippen molar-refractivity contribution in [1.29, 1.82) is 0 Å². The lowest BCUT2D eigenvalue weighted by Crippen LogP contribution is -2.57. The first-order valence-corrected chi connectivity index (χ1v) is 15.2. The fourth-order valence-electron chi connectivity index (χ4n) is 3.86. The van der Waals surface area contributed by atoms with Gasteiger partial charge in [0.25, 0.3) is 5.91 Å². The van der Waals surface area contributed by atoms with Crippen molar-refractivity contribution >= 4 is 60.2 Å². The number of imide groups is 1. The highest BCUT2D eigenvalue weighted by Crippen LogP contribution is 2.21. The number of hydrogen-bond acceptors (Lipinski definition) is 8. The molecule has 12 heteroatoms. The van der Waals surface area contributed by atoms with E-state index in [-0.39, 0.29) is 13.0 Å². The zero-order valence-electron chi connectivity index (χ0n) is 23.8. The number of thiol groups is 1. The lowest BCUT2D eigenvalue weighted by molar-refractivity contribution is -0.132. The van der Waals surface area contributed by atoms with Gasteiger partial charge >= 0.3 is 0 Å². The Bertz CT molecular complexity index is 1160. The molecule has 0 aliphatic carbocycles. The molecule has 1 aromatic carbocycles. The SMILES string of the molecule is CSCC[C@H](NC(=O)[C@@H](S)CCCN(C=O)C(=O)c1ccccc1)C(=O)N[C@H](C(=O)Nc1ccccn1)C(C)(C)C. The standard InChI is InChI=1S/C29H39N5O5S2/c1-29(2,3)24(27(38)32-23-14-8-9-16-30-23)33-25(36)21(15-18-41-4)31-26(37)22(40)13-10-17-34(19-35)28(39)20-11-6-5-7-12-20/h5-9,11-12,14,16,19,21-22,24,40H,10,13,15,17-18H2,1-4H3,(H,31,37)(H,33,36)(H,30,32,38)/t21-,22-,24+/m0/s1. The van der Waals surface area contributed by atoms with E-state index in [4.69, 9.17) is 0 Å². The van der Waals surface area contributed by atoms with Crippen LogP contribution in [0.4, 0.5) is 5.82 Å². The van der Waals surface area contributed by atoms with Gasteiger partial charge in [-0.3, -0.25) is 28.9 Å². The first-order chi connectivity index (χ1) is 19.5. The van der Waals surface area contributed by atoms with Crippen LogP contribution in [0.1, 0.15) is 50.4 Å². The van der Waals surface area contributed by atoms with Crippen LogP contribution >= 0.6 is 24.4 Å². The van der Waals surface area contributed by atoms with E-state index in [1.54, 1.807) is 54.7 Å². The summed E-state index contributed by atoms with van der Waals surface area (Å²) in [5, 5.41) is 7.53. The molecule has 3 N–H and O–H groups in total. The topological polar surface area (TPSA) is 138 Å². The van der Waals surface area contributed by atoms with Crippen molar-refractivity contribution in [2.75, 3.05) is 23.9 Å². The van der Waals surface area contributed by atoms with Crippen LogP contribution in [-0.2, 0) is 19.2 Å². The van der Waals surface area contributed by atoms with E-state index in [0.29, 0.717) is 36.4 Å². The van der Waals surface area contributed by atoms with Crippen molar-refractivity contribution in [3.63, 3.8) is 0 Å². The molecule has 5 amide bonds. The summed E-state index contributed by atoms with van der Waals surface area (Å²) in [6, 6.07) is 11.8. The number of thioether (sulfide) groups is 1. The van der Waals surface area contributed by atoms with E-state index < -0.39 is 46.4 Å². The highest BCUT2D eigenvalue weighted by atomic mass is 32.2. The number of hydrogen-bond donors (Lipinski definition) is 4. The first kappa shape index (κ1) is 33.8. The minimum atomic E-state index is -0.894. The predicted octanol–water partition coefficient (Wildman–Crippen LogP) is 3.17. The highest BCUT2D eigenvalue weighted by Gasteiger charge is 2.35. The smallest absolute Gasteiger partial charge is 0.260 e. The molecule has 0 bridgehead atoms. The Hall–Kier alpha value is -3.38. The number of pyridine rings is 1. The molecule has 0 saturated carbocycles. The minimum Gasteiger partial charge on any atom is -0.343 e. The second-order valence-corrected chi connectivity index (χ2v) is 12.1. The number of anilines is 1. The van der Waals surface area contributed by atoms with Gasteiger partial charge in [0.15, 0.2) is 0 Å². The molecule has 222 valence electrons. The summed E-state index contributed by atoms with van der Waals surface area (Å²) in [5.41, 5.74) is -0.235. The van der Waals surface area contributed by atoms with Gasteiger partial charge < -0.3 is 16.0 Å². The molecule has 2 rings (SSSR count). The Morgan fingerprint density at radius 3 is 2.24 bits per heavy atom. The average Bonchev–Trinajstić information content (AvgIpc) is 2.95. The molecule has 10 nitrogen and oxygen atoms in total. The van der Waals surface area contributed by atoms with E-state index in [2.05, 4.69) is 33.6 Å². The summed E-state index contributed by atoms with van der Waals surface area (Å²) in [6.45, 7) is 5.62. The van der Waals surface area contributed by atoms with Gasteiger partial charge in [0, 0.05) is 18.3 Å². The number of carbonyl (C=O) groups is 5. The number of rotatable bonds is 15. The summed E-state index contributed by atoms with van der Waals surface area (Å²) >= 11 is 5.93. The molecule has 2 aromatic rings. The van der Waals surface area contributed by atoms with Gasteiger partial charge in [-0.25, -0.2) is 4.98 Å².